The first-order valence-electron chi connectivity index (χ1n) is 1.69. The minimum Gasteiger partial charge on any atom is -0.138 e. The molecule has 0 aromatic rings. The van der Waals surface area contributed by atoms with Crippen LogP contribution in [0.25, 0.3) is 0 Å². The zero-order chi connectivity index (χ0) is 4.41. The second-order valence-electron chi connectivity index (χ2n) is 1.04. The molecule has 0 saturated heterocycles. The SMILES string of the molecule is CC1N=NN=N1.[H+]. The first kappa shape index (κ1) is 3.39. The maximum absolute atomic E-state index is 3.53. The van der Waals surface area contributed by atoms with Gasteiger partial charge in [-0.15, -0.1) is 10.2 Å². The molecule has 0 unspecified atom stereocenters. The Labute approximate surface area is 36.4 Å². The van der Waals surface area contributed by atoms with Crippen molar-refractivity contribution in [2.75, 3.05) is 0 Å². The van der Waals surface area contributed by atoms with Gasteiger partial charge in [-0.2, -0.15) is 0 Å². The zero-order valence-electron chi connectivity index (χ0n) is 4.37. The Hall–Kier alpha value is -0.800. The van der Waals surface area contributed by atoms with Gasteiger partial charge in [0.2, 0.25) is 0 Å². The lowest BCUT2D eigenvalue weighted by Crippen LogP contribution is -1.81. The molecule has 0 spiro atoms. The quantitative estimate of drug-likeness (QED) is 0.425. The molecule has 0 saturated carbocycles. The van der Waals surface area contributed by atoms with Gasteiger partial charge in [0.25, 0.3) is 0 Å². The first-order valence-corrected chi connectivity index (χ1v) is 1.69. The van der Waals surface area contributed by atoms with E-state index in [-0.39, 0.29) is 7.59 Å². The molecular weight excluding hydrogens is 80.0 g/mol. The normalized spacial score (nSPS) is 20.2. The molecule has 0 atom stereocenters. The van der Waals surface area contributed by atoms with Crippen molar-refractivity contribution >= 4 is 0 Å². The Morgan fingerprint density at radius 1 is 1.33 bits per heavy atom. The lowest BCUT2D eigenvalue weighted by atomic mass is 10.7. The lowest BCUT2D eigenvalue weighted by molar-refractivity contribution is 0.781. The second kappa shape index (κ2) is 1.12. The third-order valence-corrected chi connectivity index (χ3v) is 0.477. The molecule has 4 nitrogen and oxygen atoms in total. The van der Waals surface area contributed by atoms with Crippen LogP contribution in [-0.2, 0) is 0 Å². The average Bonchev–Trinajstić information content (AvgIpc) is 1.86. The van der Waals surface area contributed by atoms with Crippen molar-refractivity contribution in [1.82, 2.24) is 0 Å². The van der Waals surface area contributed by atoms with Gasteiger partial charge >= 0.3 is 1.43 Å². The Morgan fingerprint density at radius 3 is 2.00 bits per heavy atom. The molecule has 0 aliphatic carbocycles. The third-order valence-electron chi connectivity index (χ3n) is 0.477. The summed E-state index contributed by atoms with van der Waals surface area (Å²) >= 11 is 0. The molecule has 0 fully saturated rings. The van der Waals surface area contributed by atoms with E-state index in [0.29, 0.717) is 0 Å². The van der Waals surface area contributed by atoms with E-state index in [9.17, 15) is 0 Å². The van der Waals surface area contributed by atoms with E-state index < -0.39 is 0 Å². The van der Waals surface area contributed by atoms with E-state index in [2.05, 4.69) is 20.7 Å². The highest BCUT2D eigenvalue weighted by Gasteiger charge is 1.96. The van der Waals surface area contributed by atoms with Crippen LogP contribution in [0.5, 0.6) is 0 Å². The predicted molar refractivity (Wildman–Crippen MR) is 20.3 cm³/mol. The number of hydrogen-bond donors (Lipinski definition) is 0. The molecule has 0 N–H and O–H groups in total. The van der Waals surface area contributed by atoms with Gasteiger partial charge in [-0.1, -0.05) is 0 Å². The molecule has 1 aliphatic heterocycles. The van der Waals surface area contributed by atoms with Crippen molar-refractivity contribution < 1.29 is 1.43 Å². The van der Waals surface area contributed by atoms with Crippen LogP contribution in [0.15, 0.2) is 20.7 Å². The summed E-state index contributed by atoms with van der Waals surface area (Å²) in [7, 11) is 0. The van der Waals surface area contributed by atoms with Gasteiger partial charge in [0.15, 0.2) is 6.17 Å². The monoisotopic (exact) mass is 85.1 g/mol. The van der Waals surface area contributed by atoms with Crippen LogP contribution in [0.2, 0.25) is 0 Å². The van der Waals surface area contributed by atoms with Crippen LogP contribution in [0, 0.1) is 0 Å². The van der Waals surface area contributed by atoms with E-state index in [1.54, 1.807) is 0 Å². The summed E-state index contributed by atoms with van der Waals surface area (Å²) in [6.07, 6.45) is -0.0370. The van der Waals surface area contributed by atoms with E-state index >= 15 is 0 Å². The number of rotatable bonds is 0. The maximum Gasteiger partial charge on any atom is 1.00 e. The average molecular weight is 85.1 g/mol. The number of nitrogens with zero attached hydrogens (tertiary/aromatic N) is 4. The Morgan fingerprint density at radius 2 is 1.83 bits per heavy atom. The summed E-state index contributed by atoms with van der Waals surface area (Å²) in [5, 5.41) is 13.6. The van der Waals surface area contributed by atoms with Crippen molar-refractivity contribution in [2.45, 2.75) is 13.1 Å². The topological polar surface area (TPSA) is 49.4 Å². The molecule has 0 aromatic heterocycles. The van der Waals surface area contributed by atoms with Gasteiger partial charge in [0.1, 0.15) is 0 Å². The van der Waals surface area contributed by atoms with Crippen LogP contribution >= 0.6 is 0 Å². The highest BCUT2D eigenvalue weighted by molar-refractivity contribution is 4.49. The standard InChI is InChI=1S/C2H4N4/c1-2-3-5-6-4-2/h2H,1H3/p+1. The second-order valence-corrected chi connectivity index (χ2v) is 1.04. The molecule has 6 heavy (non-hydrogen) atoms. The van der Waals surface area contributed by atoms with Crippen LogP contribution in [0.4, 0.5) is 0 Å². The molecule has 1 aliphatic rings. The van der Waals surface area contributed by atoms with Crippen molar-refractivity contribution in [3.63, 3.8) is 0 Å². The van der Waals surface area contributed by atoms with Crippen molar-refractivity contribution in [3.05, 3.63) is 0 Å². The molecule has 1 heterocycles. The van der Waals surface area contributed by atoms with Gasteiger partial charge < -0.3 is 0 Å². The summed E-state index contributed by atoms with van der Waals surface area (Å²) in [5.41, 5.74) is 0. The maximum atomic E-state index is 3.53. The molecule has 4 heteroatoms. The molecule has 0 amide bonds. The molecule has 0 bridgehead atoms. The third kappa shape index (κ3) is 0.403. The zero-order valence-corrected chi connectivity index (χ0v) is 3.37. The largest absolute Gasteiger partial charge is 1.00 e. The van der Waals surface area contributed by atoms with E-state index in [1.165, 1.54) is 0 Å². The molecule has 0 radical (unpaired) electrons. The summed E-state index contributed by atoms with van der Waals surface area (Å²) < 4.78 is 0. The van der Waals surface area contributed by atoms with Crippen molar-refractivity contribution in [2.24, 2.45) is 20.7 Å². The van der Waals surface area contributed by atoms with Gasteiger partial charge in [0.05, 0.1) is 0 Å². The van der Waals surface area contributed by atoms with Gasteiger partial charge in [-0.05, 0) is 17.4 Å². The van der Waals surface area contributed by atoms with Gasteiger partial charge in [-0.25, -0.2) is 0 Å². The van der Waals surface area contributed by atoms with Crippen molar-refractivity contribution in [3.8, 4) is 0 Å². The van der Waals surface area contributed by atoms with Crippen LogP contribution in [0.3, 0.4) is 0 Å². The fourth-order valence-corrected chi connectivity index (χ4v) is 0.219. The van der Waals surface area contributed by atoms with Crippen LogP contribution in [0.1, 0.15) is 8.35 Å². The van der Waals surface area contributed by atoms with Gasteiger partial charge in [-0.3, -0.25) is 0 Å². The Balaban J connectivity index is 0.000000360. The minimum absolute atomic E-state index is 0. The summed E-state index contributed by atoms with van der Waals surface area (Å²) in [5.74, 6) is 0. The van der Waals surface area contributed by atoms with E-state index in [0.717, 1.165) is 0 Å². The number of hydrogen-bond acceptors (Lipinski definition) is 4. The van der Waals surface area contributed by atoms with Crippen LogP contribution in [-0.4, -0.2) is 6.17 Å². The molecular formula is C2H5N4+. The predicted octanol–water partition coefficient (Wildman–Crippen LogP) is 1.28. The summed E-state index contributed by atoms with van der Waals surface area (Å²) in [6.45, 7) is 1.82. The first-order chi connectivity index (χ1) is 2.89. The summed E-state index contributed by atoms with van der Waals surface area (Å²) in [6, 6.07) is 0. The highest BCUT2D eigenvalue weighted by atomic mass is 15.5. The fourth-order valence-electron chi connectivity index (χ4n) is 0.219. The molecule has 0 aromatic carbocycles. The van der Waals surface area contributed by atoms with E-state index in [1.807, 2.05) is 6.92 Å². The fraction of sp³-hybridized carbons (Fsp3) is 1.00. The molecule has 32 valence electrons. The van der Waals surface area contributed by atoms with Crippen LogP contribution < -0.4 is 0 Å². The lowest BCUT2D eigenvalue weighted by Gasteiger charge is -1.77. The minimum atomic E-state index is -0.0370. The Kier molecular flexibility index (Phi) is 0.633. The van der Waals surface area contributed by atoms with Gasteiger partial charge in [0, 0.05) is 0 Å². The summed E-state index contributed by atoms with van der Waals surface area (Å²) in [4.78, 5) is 0. The van der Waals surface area contributed by atoms with Crippen molar-refractivity contribution in [1.29, 1.82) is 0 Å². The Bertz CT molecular complexity index is 85.9. The van der Waals surface area contributed by atoms with E-state index in [4.69, 9.17) is 0 Å². The molecule has 1 rings (SSSR count). The highest BCUT2D eigenvalue weighted by Crippen LogP contribution is 2.00. The smallest absolute Gasteiger partial charge is 0.138 e.